The van der Waals surface area contributed by atoms with Crippen LogP contribution in [0.1, 0.15) is 30.1 Å². The quantitative estimate of drug-likeness (QED) is 0.105. The van der Waals surface area contributed by atoms with Gasteiger partial charge in [-0.1, -0.05) is 37.4 Å². The monoisotopic (exact) mass is 574 g/mol. The molecule has 0 spiro atoms. The van der Waals surface area contributed by atoms with Crippen LogP contribution in [-0.4, -0.2) is 56.0 Å². The van der Waals surface area contributed by atoms with Gasteiger partial charge in [-0.3, -0.25) is 0 Å². The van der Waals surface area contributed by atoms with E-state index in [0.29, 0.717) is 47.8 Å². The number of aliphatic hydroxyl groups is 1. The summed E-state index contributed by atoms with van der Waals surface area (Å²) in [5, 5.41) is 8.84. The minimum Gasteiger partial charge on any atom is -0.494 e. The molecule has 0 amide bonds. The molecular formula is C33H34O9. The second kappa shape index (κ2) is 16.4. The van der Waals surface area contributed by atoms with Crippen LogP contribution in [0.3, 0.4) is 0 Å². The van der Waals surface area contributed by atoms with Gasteiger partial charge in [-0.2, -0.15) is 0 Å². The number of unbranched alkanes of at least 4 members (excludes halogenated alkanes) is 1. The predicted octanol–water partition coefficient (Wildman–Crippen LogP) is 5.32. The highest BCUT2D eigenvalue weighted by Crippen LogP contribution is 2.25. The molecule has 0 saturated carbocycles. The second-order valence-electron chi connectivity index (χ2n) is 9.18. The van der Waals surface area contributed by atoms with Crippen LogP contribution in [0.2, 0.25) is 0 Å². The minimum atomic E-state index is -0.605. The maximum atomic E-state index is 12.6. The Hall–Kier alpha value is -4.89. The lowest BCUT2D eigenvalue weighted by molar-refractivity contribution is -0.140. The third-order valence-electron chi connectivity index (χ3n) is 5.80. The topological polar surface area (TPSA) is 118 Å². The largest absolute Gasteiger partial charge is 0.494 e. The summed E-state index contributed by atoms with van der Waals surface area (Å²) in [5.74, 6) is 0.126. The first-order valence-electron chi connectivity index (χ1n) is 13.3. The van der Waals surface area contributed by atoms with E-state index in [4.69, 9.17) is 28.8 Å². The Bertz CT molecular complexity index is 1360. The van der Waals surface area contributed by atoms with Gasteiger partial charge in [0.2, 0.25) is 0 Å². The van der Waals surface area contributed by atoms with Crippen LogP contribution >= 0.6 is 0 Å². The highest BCUT2D eigenvalue weighted by atomic mass is 16.6. The highest BCUT2D eigenvalue weighted by Gasteiger charge is 2.10. The van der Waals surface area contributed by atoms with Gasteiger partial charge < -0.3 is 28.8 Å². The van der Waals surface area contributed by atoms with E-state index in [1.807, 2.05) is 36.4 Å². The molecule has 0 heterocycles. The first-order chi connectivity index (χ1) is 20.3. The van der Waals surface area contributed by atoms with Crippen LogP contribution in [-0.2, 0) is 19.1 Å². The zero-order chi connectivity index (χ0) is 30.3. The maximum Gasteiger partial charge on any atom is 0.343 e. The lowest BCUT2D eigenvalue weighted by Crippen LogP contribution is -2.12. The van der Waals surface area contributed by atoms with E-state index in [9.17, 15) is 14.4 Å². The van der Waals surface area contributed by atoms with Crippen LogP contribution in [0, 0.1) is 0 Å². The van der Waals surface area contributed by atoms with E-state index >= 15 is 0 Å². The summed E-state index contributed by atoms with van der Waals surface area (Å²) in [6, 6.07) is 21.3. The Morgan fingerprint density at radius 2 is 1.14 bits per heavy atom. The number of aliphatic hydroxyl groups excluding tert-OH is 1. The molecule has 0 bridgehead atoms. The Kier molecular flexibility index (Phi) is 12.3. The number of hydrogen-bond acceptors (Lipinski definition) is 9. The van der Waals surface area contributed by atoms with Crippen molar-refractivity contribution in [3.05, 3.63) is 103 Å². The predicted molar refractivity (Wildman–Crippen MR) is 156 cm³/mol. The number of carbonyl (C=O) groups excluding carboxylic acids is 3. The van der Waals surface area contributed by atoms with Crippen molar-refractivity contribution in [3.8, 4) is 28.4 Å². The van der Waals surface area contributed by atoms with Crippen LogP contribution in [0.4, 0.5) is 0 Å². The fourth-order valence-electron chi connectivity index (χ4n) is 3.45. The Balaban J connectivity index is 1.40. The molecule has 1 N–H and O–H groups in total. The molecule has 9 heteroatoms. The number of benzene rings is 3. The van der Waals surface area contributed by atoms with Gasteiger partial charge in [0.1, 0.15) is 30.5 Å². The molecule has 0 atom stereocenters. The Morgan fingerprint density at radius 1 is 0.643 bits per heavy atom. The molecule has 0 aliphatic heterocycles. The fraction of sp³-hybridized carbons (Fsp3) is 0.242. The van der Waals surface area contributed by atoms with Crippen molar-refractivity contribution >= 4 is 17.9 Å². The SMILES string of the molecule is C=C(C)C(=O)OCCOc1ccc(-c2ccc(OC(=O)c3ccc(OCCCCOC(=O)C(=C)CO)cc3)cc2)cc1. The van der Waals surface area contributed by atoms with Crippen molar-refractivity contribution in [1.29, 1.82) is 0 Å². The number of esters is 3. The minimum absolute atomic E-state index is 0.0225. The average Bonchev–Trinajstić information content (AvgIpc) is 3.01. The van der Waals surface area contributed by atoms with E-state index in [-0.39, 0.29) is 25.4 Å². The molecule has 220 valence electrons. The van der Waals surface area contributed by atoms with Gasteiger partial charge in [-0.25, -0.2) is 14.4 Å². The van der Waals surface area contributed by atoms with Gasteiger partial charge >= 0.3 is 17.9 Å². The summed E-state index contributed by atoms with van der Waals surface area (Å²) < 4.78 is 26.7. The van der Waals surface area contributed by atoms with E-state index in [1.165, 1.54) is 0 Å². The van der Waals surface area contributed by atoms with E-state index in [0.717, 1.165) is 11.1 Å². The van der Waals surface area contributed by atoms with Crippen LogP contribution < -0.4 is 14.2 Å². The van der Waals surface area contributed by atoms with Gasteiger partial charge in [0.15, 0.2) is 0 Å². The summed E-state index contributed by atoms with van der Waals surface area (Å²) in [6.07, 6.45) is 1.26. The van der Waals surface area contributed by atoms with Gasteiger partial charge in [-0.15, -0.1) is 0 Å². The zero-order valence-electron chi connectivity index (χ0n) is 23.5. The smallest absolute Gasteiger partial charge is 0.343 e. The van der Waals surface area contributed by atoms with Gasteiger partial charge in [0.05, 0.1) is 31.0 Å². The van der Waals surface area contributed by atoms with E-state index in [1.54, 1.807) is 43.3 Å². The summed E-state index contributed by atoms with van der Waals surface area (Å²) in [4.78, 5) is 35.4. The molecule has 9 nitrogen and oxygen atoms in total. The van der Waals surface area contributed by atoms with E-state index in [2.05, 4.69) is 13.2 Å². The standard InChI is InChI=1S/C33H34O9/c1-23(2)31(35)41-21-20-39-29-12-6-25(7-13-29)26-8-16-30(17-9-26)42-33(37)27-10-14-28(15-11-27)38-18-4-5-19-40-32(36)24(3)22-34/h6-17,34H,1,3-5,18-22H2,2H3. The summed E-state index contributed by atoms with van der Waals surface area (Å²) >= 11 is 0. The molecule has 0 radical (unpaired) electrons. The first kappa shape index (κ1) is 31.6. The lowest BCUT2D eigenvalue weighted by Gasteiger charge is -2.09. The normalized spacial score (nSPS) is 10.3. The third kappa shape index (κ3) is 10.3. The van der Waals surface area contributed by atoms with Crippen molar-refractivity contribution in [1.82, 2.24) is 0 Å². The number of hydrogen-bond donors (Lipinski definition) is 1. The third-order valence-corrected chi connectivity index (χ3v) is 5.80. The molecule has 0 aromatic heterocycles. The Morgan fingerprint density at radius 3 is 1.71 bits per heavy atom. The molecule has 0 aliphatic carbocycles. The molecule has 0 unspecified atom stereocenters. The van der Waals surface area contributed by atoms with Crippen molar-refractivity contribution < 1.29 is 43.2 Å². The van der Waals surface area contributed by atoms with Crippen molar-refractivity contribution in [3.63, 3.8) is 0 Å². The van der Waals surface area contributed by atoms with Crippen LogP contribution in [0.15, 0.2) is 97.1 Å². The maximum absolute atomic E-state index is 12.6. The van der Waals surface area contributed by atoms with Gasteiger partial charge in [0, 0.05) is 5.57 Å². The summed E-state index contributed by atoms with van der Waals surface area (Å²) in [7, 11) is 0. The molecule has 3 rings (SSSR count). The summed E-state index contributed by atoms with van der Waals surface area (Å²) in [5.41, 5.74) is 2.64. The van der Waals surface area contributed by atoms with Crippen molar-refractivity contribution in [2.45, 2.75) is 19.8 Å². The molecule has 0 aliphatic rings. The van der Waals surface area contributed by atoms with E-state index < -0.39 is 24.5 Å². The van der Waals surface area contributed by atoms with Gasteiger partial charge in [0.25, 0.3) is 0 Å². The summed E-state index contributed by atoms with van der Waals surface area (Å²) in [6.45, 7) is 9.10. The average molecular weight is 575 g/mol. The number of carbonyl (C=O) groups is 3. The van der Waals surface area contributed by atoms with Crippen LogP contribution in [0.25, 0.3) is 11.1 Å². The molecule has 0 saturated heterocycles. The number of ether oxygens (including phenoxy) is 5. The second-order valence-corrected chi connectivity index (χ2v) is 9.18. The molecule has 0 fully saturated rings. The first-order valence-corrected chi connectivity index (χ1v) is 13.3. The molecule has 42 heavy (non-hydrogen) atoms. The molecular weight excluding hydrogens is 540 g/mol. The van der Waals surface area contributed by atoms with Crippen molar-refractivity contribution in [2.24, 2.45) is 0 Å². The van der Waals surface area contributed by atoms with Crippen LogP contribution in [0.5, 0.6) is 17.2 Å². The number of rotatable bonds is 16. The highest BCUT2D eigenvalue weighted by molar-refractivity contribution is 5.91. The lowest BCUT2D eigenvalue weighted by atomic mass is 10.1. The van der Waals surface area contributed by atoms with Gasteiger partial charge in [-0.05, 0) is 79.4 Å². The fourth-order valence-corrected chi connectivity index (χ4v) is 3.45. The zero-order valence-corrected chi connectivity index (χ0v) is 23.5. The Labute approximate surface area is 244 Å². The molecule has 3 aromatic rings. The van der Waals surface area contributed by atoms with Crippen molar-refractivity contribution in [2.75, 3.05) is 33.0 Å². The molecule has 3 aromatic carbocycles.